The van der Waals surface area contributed by atoms with Gasteiger partial charge in [-0.05, 0) is 36.4 Å². The molecule has 10 nitrogen and oxygen atoms in total. The third-order valence-corrected chi connectivity index (χ3v) is 5.59. The summed E-state index contributed by atoms with van der Waals surface area (Å²) in [5.41, 5.74) is 6.07. The molecule has 0 saturated carbocycles. The molecule has 4 rings (SSSR count). The molecule has 3 N–H and O–H groups in total. The van der Waals surface area contributed by atoms with Gasteiger partial charge in [0.15, 0.2) is 5.84 Å². The van der Waals surface area contributed by atoms with Crippen LogP contribution in [0.2, 0.25) is 0 Å². The number of primary amides is 1. The normalized spacial score (nSPS) is 16.6. The van der Waals surface area contributed by atoms with Gasteiger partial charge in [0.25, 0.3) is 15.9 Å². The predicted molar refractivity (Wildman–Crippen MR) is 113 cm³/mol. The molecule has 0 fully saturated rings. The Balaban J connectivity index is 1.47. The Kier molecular flexibility index (Phi) is 5.26. The number of amidine groups is 1. The van der Waals surface area contributed by atoms with E-state index in [2.05, 4.69) is 14.7 Å². The van der Waals surface area contributed by atoms with Gasteiger partial charge in [0.05, 0.1) is 23.2 Å². The average Bonchev–Trinajstić information content (AvgIpc) is 2.74. The summed E-state index contributed by atoms with van der Waals surface area (Å²) in [6.45, 7) is 0.229. The van der Waals surface area contributed by atoms with Crippen molar-refractivity contribution in [3.8, 4) is 11.6 Å². The van der Waals surface area contributed by atoms with Crippen molar-refractivity contribution in [3.63, 3.8) is 0 Å². The van der Waals surface area contributed by atoms with E-state index in [4.69, 9.17) is 10.5 Å². The molecule has 0 bridgehead atoms. The van der Waals surface area contributed by atoms with Crippen molar-refractivity contribution in [2.24, 2.45) is 10.1 Å². The van der Waals surface area contributed by atoms with Crippen LogP contribution in [0.5, 0.6) is 11.6 Å². The molecule has 11 heteroatoms. The van der Waals surface area contributed by atoms with E-state index in [-0.39, 0.29) is 29.6 Å². The number of sulfonamides is 1. The molecular weight excluding hydrogens is 422 g/mol. The van der Waals surface area contributed by atoms with Crippen molar-refractivity contribution >= 4 is 33.4 Å². The van der Waals surface area contributed by atoms with E-state index >= 15 is 0 Å². The molecule has 1 aromatic carbocycles. The van der Waals surface area contributed by atoms with Crippen LogP contribution < -0.4 is 15.8 Å². The van der Waals surface area contributed by atoms with Crippen LogP contribution in [0, 0.1) is 0 Å². The Morgan fingerprint density at radius 3 is 2.77 bits per heavy atom. The molecule has 158 valence electrons. The lowest BCUT2D eigenvalue weighted by Gasteiger charge is -2.28. The first kappa shape index (κ1) is 20.3. The molecule has 3 heterocycles. The van der Waals surface area contributed by atoms with Crippen LogP contribution in [0.1, 0.15) is 10.4 Å². The maximum atomic E-state index is 12.7. The number of benzene rings is 1. The van der Waals surface area contributed by atoms with E-state index in [1.165, 1.54) is 24.4 Å². The topological polar surface area (TPSA) is 144 Å². The number of fused-ring (bicyclic) bond motifs is 1. The largest absolute Gasteiger partial charge is 0.439 e. The summed E-state index contributed by atoms with van der Waals surface area (Å²) in [4.78, 5) is 29.7. The highest BCUT2D eigenvalue weighted by Crippen LogP contribution is 2.23. The molecule has 0 radical (unpaired) electrons. The first-order chi connectivity index (χ1) is 14.8. The Bertz CT molecular complexity index is 1250. The van der Waals surface area contributed by atoms with Gasteiger partial charge in [0.1, 0.15) is 5.75 Å². The highest BCUT2D eigenvalue weighted by molar-refractivity contribution is 7.90. The molecule has 0 saturated heterocycles. The fourth-order valence-electron chi connectivity index (χ4n) is 2.94. The third kappa shape index (κ3) is 4.61. The summed E-state index contributed by atoms with van der Waals surface area (Å²) in [7, 11) is -3.60. The quantitative estimate of drug-likeness (QED) is 0.717. The van der Waals surface area contributed by atoms with Gasteiger partial charge in [-0.1, -0.05) is 6.07 Å². The second-order valence-corrected chi connectivity index (χ2v) is 8.40. The number of nitrogens with two attached hydrogens (primary N) is 1. The number of hydrogen-bond donors (Lipinski definition) is 2. The zero-order valence-corrected chi connectivity index (χ0v) is 16.9. The Labute approximate surface area is 177 Å². The number of aromatic nitrogens is 1. The van der Waals surface area contributed by atoms with E-state index in [1.54, 1.807) is 41.4 Å². The second-order valence-electron chi connectivity index (χ2n) is 6.65. The van der Waals surface area contributed by atoms with E-state index in [1.807, 2.05) is 0 Å². The van der Waals surface area contributed by atoms with Gasteiger partial charge < -0.3 is 20.7 Å². The fourth-order valence-corrected chi connectivity index (χ4v) is 3.93. The lowest BCUT2D eigenvalue weighted by Crippen LogP contribution is -2.40. The van der Waals surface area contributed by atoms with Crippen molar-refractivity contribution in [2.45, 2.75) is 0 Å². The number of carbonyl (C=O) groups excluding carboxylic acids is 2. The number of ether oxygens (including phenoxy) is 1. The van der Waals surface area contributed by atoms with Crippen LogP contribution >= 0.6 is 0 Å². The van der Waals surface area contributed by atoms with E-state index < -0.39 is 21.8 Å². The molecule has 2 amide bonds. The molecule has 0 atom stereocenters. The summed E-state index contributed by atoms with van der Waals surface area (Å²) in [6, 6.07) is 9.46. The Morgan fingerprint density at radius 2 is 2.03 bits per heavy atom. The van der Waals surface area contributed by atoms with Crippen LogP contribution in [0.3, 0.4) is 0 Å². The molecule has 2 aromatic rings. The molecule has 31 heavy (non-hydrogen) atoms. The van der Waals surface area contributed by atoms with E-state index in [0.717, 1.165) is 0 Å². The van der Waals surface area contributed by atoms with Gasteiger partial charge in [-0.25, -0.2) is 13.4 Å². The first-order valence-corrected chi connectivity index (χ1v) is 10.7. The zero-order chi connectivity index (χ0) is 22.0. The minimum atomic E-state index is -3.60. The fraction of sp³-hybridized carbons (Fsp3) is 0.100. The maximum Gasteiger partial charge on any atom is 0.259 e. The number of carbonyl (C=O) groups is 2. The van der Waals surface area contributed by atoms with Gasteiger partial charge in [-0.15, -0.1) is 4.40 Å². The van der Waals surface area contributed by atoms with Crippen LogP contribution in [-0.2, 0) is 14.8 Å². The predicted octanol–water partition coefficient (Wildman–Crippen LogP) is 1.41. The van der Waals surface area contributed by atoms with Gasteiger partial charge in [0, 0.05) is 24.4 Å². The number of amides is 2. The van der Waals surface area contributed by atoms with E-state index in [9.17, 15) is 18.0 Å². The molecule has 0 aliphatic carbocycles. The zero-order valence-electron chi connectivity index (χ0n) is 16.1. The maximum absolute atomic E-state index is 12.7. The van der Waals surface area contributed by atoms with Crippen molar-refractivity contribution in [1.29, 1.82) is 0 Å². The number of nitrogens with one attached hydrogen (secondary N) is 1. The number of anilines is 1. The summed E-state index contributed by atoms with van der Waals surface area (Å²) >= 11 is 0. The minimum Gasteiger partial charge on any atom is -0.439 e. The number of allylic oxidation sites excluding steroid dienone is 2. The number of nitrogens with zero attached hydrogens (tertiary/aromatic N) is 3. The second kappa shape index (κ2) is 8.03. The lowest BCUT2D eigenvalue weighted by molar-refractivity contribution is -0.112. The molecule has 0 unspecified atom stereocenters. The molecule has 2 aliphatic rings. The first-order valence-electron chi connectivity index (χ1n) is 9.14. The summed E-state index contributed by atoms with van der Waals surface area (Å²) in [5, 5.41) is 2.66. The number of hydrogen-bond acceptors (Lipinski definition) is 7. The van der Waals surface area contributed by atoms with Crippen LogP contribution in [0.4, 0.5) is 5.69 Å². The SMILES string of the molecule is NC(=O)c1cccc(Oc2ccc(NC(=O)C3=CC=CN4CCS(=O)(=O)N=C34)cn2)c1. The average molecular weight is 439 g/mol. The molecule has 0 spiro atoms. The third-order valence-electron chi connectivity index (χ3n) is 4.44. The van der Waals surface area contributed by atoms with Gasteiger partial charge in [0.2, 0.25) is 11.8 Å². The van der Waals surface area contributed by atoms with Crippen molar-refractivity contribution in [3.05, 3.63) is 72.1 Å². The highest BCUT2D eigenvalue weighted by Gasteiger charge is 2.30. The lowest BCUT2D eigenvalue weighted by atomic mass is 10.1. The van der Waals surface area contributed by atoms with Gasteiger partial charge in [-0.2, -0.15) is 0 Å². The molecule has 1 aromatic heterocycles. The van der Waals surface area contributed by atoms with Crippen molar-refractivity contribution < 1.29 is 22.7 Å². The Morgan fingerprint density at radius 1 is 1.19 bits per heavy atom. The van der Waals surface area contributed by atoms with Gasteiger partial charge in [-0.3, -0.25) is 9.59 Å². The van der Waals surface area contributed by atoms with Crippen molar-refractivity contribution in [1.82, 2.24) is 9.88 Å². The van der Waals surface area contributed by atoms with Crippen LogP contribution in [-0.4, -0.2) is 48.2 Å². The molecular formula is C20H17N5O5S. The summed E-state index contributed by atoms with van der Waals surface area (Å²) in [6.07, 6.45) is 6.22. The standard InChI is InChI=1S/C20H17N5O5S/c21-18(26)13-3-1-4-15(11-13)30-17-7-6-14(12-22-17)23-20(27)16-5-2-8-25-9-10-31(28,29)24-19(16)25/h1-8,11-12H,9-10H2,(H2,21,26)(H,23,27). The van der Waals surface area contributed by atoms with Crippen molar-refractivity contribution in [2.75, 3.05) is 17.6 Å². The van der Waals surface area contributed by atoms with Crippen LogP contribution in [0.15, 0.2) is 70.9 Å². The summed E-state index contributed by atoms with van der Waals surface area (Å²) in [5.74, 6) is -0.478. The highest BCUT2D eigenvalue weighted by atomic mass is 32.2. The summed E-state index contributed by atoms with van der Waals surface area (Å²) < 4.78 is 33.0. The van der Waals surface area contributed by atoms with E-state index in [0.29, 0.717) is 17.0 Å². The monoisotopic (exact) mass is 439 g/mol. The Hall–Kier alpha value is -3.99. The minimum absolute atomic E-state index is 0.0912. The molecule has 2 aliphatic heterocycles. The smallest absolute Gasteiger partial charge is 0.259 e. The number of pyridine rings is 1. The van der Waals surface area contributed by atoms with Gasteiger partial charge >= 0.3 is 0 Å². The van der Waals surface area contributed by atoms with Crippen LogP contribution in [0.25, 0.3) is 0 Å². The number of rotatable bonds is 5.